The normalized spacial score (nSPS) is 12.2. The molecule has 0 aliphatic carbocycles. The molecule has 0 aromatic carbocycles. The summed E-state index contributed by atoms with van der Waals surface area (Å²) in [5, 5.41) is 10.1. The molecule has 0 saturated carbocycles. The van der Waals surface area contributed by atoms with Crippen molar-refractivity contribution in [2.24, 2.45) is 0 Å². The van der Waals surface area contributed by atoms with E-state index in [1.54, 1.807) is 6.20 Å². The first kappa shape index (κ1) is 15.2. The molecule has 0 fully saturated rings. The van der Waals surface area contributed by atoms with Crippen LogP contribution in [0.4, 0.5) is 0 Å². The van der Waals surface area contributed by atoms with Crippen molar-refractivity contribution in [3.05, 3.63) is 40.7 Å². The molecule has 0 spiro atoms. The van der Waals surface area contributed by atoms with Gasteiger partial charge in [0.25, 0.3) is 5.91 Å². The number of carbonyl (C=O) groups excluding carboxylic acids is 1. The summed E-state index contributed by atoms with van der Waals surface area (Å²) in [4.78, 5) is 20.6. The maximum atomic E-state index is 12.4. The highest BCUT2D eigenvalue weighted by Crippen LogP contribution is 2.19. The molecule has 0 aliphatic heterocycles. The summed E-state index contributed by atoms with van der Waals surface area (Å²) in [5.41, 5.74) is 4.23. The molecule has 2 rings (SSSR count). The van der Waals surface area contributed by atoms with E-state index >= 15 is 0 Å². The molecule has 0 bridgehead atoms. The summed E-state index contributed by atoms with van der Waals surface area (Å²) in [7, 11) is 0. The fourth-order valence-corrected chi connectivity index (χ4v) is 2.52. The Morgan fingerprint density at radius 3 is 2.81 bits per heavy atom. The van der Waals surface area contributed by atoms with Crippen LogP contribution in [-0.4, -0.2) is 26.1 Å². The third-order valence-corrected chi connectivity index (χ3v) is 3.49. The Bertz CT molecular complexity index is 615. The first-order chi connectivity index (χ1) is 10.0. The Kier molecular flexibility index (Phi) is 4.67. The van der Waals surface area contributed by atoms with Gasteiger partial charge in [0.15, 0.2) is 0 Å². The highest BCUT2D eigenvalue weighted by atomic mass is 16.1. The predicted octanol–water partition coefficient (Wildman–Crippen LogP) is 2.26. The van der Waals surface area contributed by atoms with Gasteiger partial charge in [-0.25, -0.2) is 9.97 Å². The number of aromatic nitrogens is 4. The lowest BCUT2D eigenvalue weighted by molar-refractivity contribution is 0.0938. The number of rotatable bonds is 5. The van der Waals surface area contributed by atoms with Crippen LogP contribution < -0.4 is 5.32 Å². The number of hydrogen-bond donors (Lipinski definition) is 2. The van der Waals surface area contributed by atoms with E-state index in [0.29, 0.717) is 5.56 Å². The molecule has 1 amide bonds. The van der Waals surface area contributed by atoms with Crippen molar-refractivity contribution in [3.63, 3.8) is 0 Å². The van der Waals surface area contributed by atoms with E-state index in [2.05, 4.69) is 32.4 Å². The van der Waals surface area contributed by atoms with Crippen LogP contribution in [-0.2, 0) is 6.42 Å². The number of H-pyrrole nitrogens is 1. The van der Waals surface area contributed by atoms with Crippen LogP contribution in [0.25, 0.3) is 0 Å². The fourth-order valence-electron chi connectivity index (χ4n) is 2.52. The molecular formula is C15H21N5O. The van der Waals surface area contributed by atoms with Gasteiger partial charge in [-0.1, -0.05) is 13.3 Å². The standard InChI is InChI=1S/C15H21N5O/c1-5-6-13-12(7-16-8-17-13)15(21)18-9(2)14-10(3)19-20-11(14)4/h7-9H,5-6H2,1-4H3,(H,18,21)(H,19,20)/t9-/m0/s1. The zero-order valence-electron chi connectivity index (χ0n) is 12.9. The monoisotopic (exact) mass is 287 g/mol. The number of hydrogen-bond acceptors (Lipinski definition) is 4. The average Bonchev–Trinajstić information content (AvgIpc) is 2.79. The minimum atomic E-state index is -0.147. The van der Waals surface area contributed by atoms with Crippen LogP contribution in [0.5, 0.6) is 0 Å². The van der Waals surface area contributed by atoms with E-state index in [-0.39, 0.29) is 11.9 Å². The van der Waals surface area contributed by atoms with Gasteiger partial charge >= 0.3 is 0 Å². The number of amides is 1. The molecule has 112 valence electrons. The van der Waals surface area contributed by atoms with Crippen molar-refractivity contribution < 1.29 is 4.79 Å². The largest absolute Gasteiger partial charge is 0.345 e. The predicted molar refractivity (Wildman–Crippen MR) is 80.0 cm³/mol. The maximum absolute atomic E-state index is 12.4. The van der Waals surface area contributed by atoms with Crippen molar-refractivity contribution >= 4 is 5.91 Å². The first-order valence-electron chi connectivity index (χ1n) is 7.15. The number of nitrogens with zero attached hydrogens (tertiary/aromatic N) is 3. The first-order valence-corrected chi connectivity index (χ1v) is 7.15. The maximum Gasteiger partial charge on any atom is 0.255 e. The van der Waals surface area contributed by atoms with Crippen LogP contribution >= 0.6 is 0 Å². The van der Waals surface area contributed by atoms with Crippen molar-refractivity contribution in [2.75, 3.05) is 0 Å². The third-order valence-electron chi connectivity index (χ3n) is 3.49. The third kappa shape index (κ3) is 3.26. The van der Waals surface area contributed by atoms with E-state index in [1.165, 1.54) is 6.33 Å². The van der Waals surface area contributed by atoms with Crippen molar-refractivity contribution in [3.8, 4) is 0 Å². The summed E-state index contributed by atoms with van der Waals surface area (Å²) in [6, 6.07) is -0.120. The van der Waals surface area contributed by atoms with Crippen LogP contribution in [0, 0.1) is 13.8 Å². The zero-order chi connectivity index (χ0) is 15.4. The molecule has 0 unspecified atom stereocenters. The lowest BCUT2D eigenvalue weighted by atomic mass is 10.1. The number of carbonyl (C=O) groups is 1. The van der Waals surface area contributed by atoms with Crippen LogP contribution in [0.15, 0.2) is 12.5 Å². The van der Waals surface area contributed by atoms with Crippen molar-refractivity contribution in [2.45, 2.75) is 46.6 Å². The van der Waals surface area contributed by atoms with E-state index in [1.807, 2.05) is 20.8 Å². The molecule has 1 atom stereocenters. The smallest absolute Gasteiger partial charge is 0.255 e. The van der Waals surface area contributed by atoms with Crippen LogP contribution in [0.1, 0.15) is 59.3 Å². The zero-order valence-corrected chi connectivity index (χ0v) is 12.9. The second-order valence-corrected chi connectivity index (χ2v) is 5.18. The Hall–Kier alpha value is -2.24. The van der Waals surface area contributed by atoms with Crippen LogP contribution in [0.3, 0.4) is 0 Å². The average molecular weight is 287 g/mol. The summed E-state index contributed by atoms with van der Waals surface area (Å²) >= 11 is 0. The summed E-state index contributed by atoms with van der Waals surface area (Å²) in [6.45, 7) is 7.89. The number of nitrogens with one attached hydrogen (secondary N) is 2. The molecule has 2 heterocycles. The molecule has 0 aliphatic rings. The molecule has 0 saturated heterocycles. The second kappa shape index (κ2) is 6.47. The highest BCUT2D eigenvalue weighted by molar-refractivity contribution is 5.95. The minimum absolute atomic E-state index is 0.120. The highest BCUT2D eigenvalue weighted by Gasteiger charge is 2.19. The van der Waals surface area contributed by atoms with E-state index in [0.717, 1.165) is 35.5 Å². The van der Waals surface area contributed by atoms with Crippen molar-refractivity contribution in [1.82, 2.24) is 25.5 Å². The van der Waals surface area contributed by atoms with Gasteiger partial charge in [-0.3, -0.25) is 9.89 Å². The lowest BCUT2D eigenvalue weighted by Crippen LogP contribution is -2.28. The summed E-state index contributed by atoms with van der Waals surface area (Å²) < 4.78 is 0. The number of aryl methyl sites for hydroxylation is 3. The molecule has 21 heavy (non-hydrogen) atoms. The number of aromatic amines is 1. The van der Waals surface area contributed by atoms with Gasteiger partial charge in [0.05, 0.1) is 23.0 Å². The lowest BCUT2D eigenvalue weighted by Gasteiger charge is -2.15. The Morgan fingerprint density at radius 1 is 1.43 bits per heavy atom. The Morgan fingerprint density at radius 2 is 2.19 bits per heavy atom. The molecule has 2 N–H and O–H groups in total. The van der Waals surface area contributed by atoms with Gasteiger partial charge in [0.1, 0.15) is 6.33 Å². The van der Waals surface area contributed by atoms with Gasteiger partial charge in [-0.05, 0) is 27.2 Å². The van der Waals surface area contributed by atoms with Gasteiger partial charge in [0, 0.05) is 17.5 Å². The fraction of sp³-hybridized carbons (Fsp3) is 0.467. The van der Waals surface area contributed by atoms with Gasteiger partial charge in [-0.2, -0.15) is 5.10 Å². The topological polar surface area (TPSA) is 83.6 Å². The van der Waals surface area contributed by atoms with Crippen molar-refractivity contribution in [1.29, 1.82) is 0 Å². The van der Waals surface area contributed by atoms with E-state index in [9.17, 15) is 4.79 Å². The van der Waals surface area contributed by atoms with Gasteiger partial charge < -0.3 is 5.32 Å². The minimum Gasteiger partial charge on any atom is -0.345 e. The van der Waals surface area contributed by atoms with E-state index < -0.39 is 0 Å². The van der Waals surface area contributed by atoms with Crippen LogP contribution in [0.2, 0.25) is 0 Å². The molecule has 2 aromatic heterocycles. The molecule has 6 heteroatoms. The Balaban J connectivity index is 2.18. The van der Waals surface area contributed by atoms with Gasteiger partial charge in [-0.15, -0.1) is 0 Å². The molecule has 0 radical (unpaired) electrons. The van der Waals surface area contributed by atoms with Gasteiger partial charge in [0.2, 0.25) is 0 Å². The molecular weight excluding hydrogens is 266 g/mol. The molecule has 6 nitrogen and oxygen atoms in total. The Labute approximate surface area is 124 Å². The van der Waals surface area contributed by atoms with E-state index in [4.69, 9.17) is 0 Å². The molecule has 2 aromatic rings. The second-order valence-electron chi connectivity index (χ2n) is 5.18. The SMILES string of the molecule is CCCc1ncncc1C(=O)N[C@@H](C)c1c(C)n[nH]c1C. The summed E-state index contributed by atoms with van der Waals surface area (Å²) in [6.07, 6.45) is 4.76. The quantitative estimate of drug-likeness (QED) is 0.883. The summed E-state index contributed by atoms with van der Waals surface area (Å²) in [5.74, 6) is -0.147.